The van der Waals surface area contributed by atoms with Gasteiger partial charge in [0.25, 0.3) is 11.5 Å². The van der Waals surface area contributed by atoms with Gasteiger partial charge in [0.05, 0.1) is 18.4 Å². The molecule has 0 fully saturated rings. The maximum Gasteiger partial charge on any atom is 0.416 e. The Morgan fingerprint density at radius 3 is 2.72 bits per heavy atom. The lowest BCUT2D eigenvalue weighted by Gasteiger charge is -2.11. The van der Waals surface area contributed by atoms with Gasteiger partial charge in [-0.15, -0.1) is 0 Å². The number of carbonyl (C=O) groups excluding carboxylic acids is 1. The van der Waals surface area contributed by atoms with Crippen molar-refractivity contribution < 1.29 is 27.1 Å². The Labute approximate surface area is 162 Å². The van der Waals surface area contributed by atoms with Crippen LogP contribution in [0.4, 0.5) is 13.2 Å². The molecule has 1 amide bonds. The molecule has 0 aliphatic heterocycles. The molecular formula is C19H16F3N3O4. The van der Waals surface area contributed by atoms with Gasteiger partial charge in [0.1, 0.15) is 11.4 Å². The highest BCUT2D eigenvalue weighted by molar-refractivity contribution is 5.77. The first-order chi connectivity index (χ1) is 13.8. The fourth-order valence-corrected chi connectivity index (χ4v) is 2.43. The molecule has 0 radical (unpaired) electrons. The van der Waals surface area contributed by atoms with E-state index >= 15 is 0 Å². The number of rotatable bonds is 7. The van der Waals surface area contributed by atoms with Crippen molar-refractivity contribution >= 4 is 5.91 Å². The molecule has 3 rings (SSSR count). The number of benzene rings is 1. The maximum atomic E-state index is 12.7. The van der Waals surface area contributed by atoms with Crippen LogP contribution in [-0.2, 0) is 17.5 Å². The van der Waals surface area contributed by atoms with E-state index in [0.29, 0.717) is 11.5 Å². The molecule has 2 aromatic heterocycles. The van der Waals surface area contributed by atoms with Gasteiger partial charge in [-0.2, -0.15) is 18.3 Å². The minimum atomic E-state index is -4.49. The van der Waals surface area contributed by atoms with Crippen molar-refractivity contribution in [2.24, 2.45) is 0 Å². The Morgan fingerprint density at radius 1 is 1.17 bits per heavy atom. The lowest BCUT2D eigenvalue weighted by Crippen LogP contribution is -2.34. The van der Waals surface area contributed by atoms with Gasteiger partial charge in [-0.3, -0.25) is 9.59 Å². The summed E-state index contributed by atoms with van der Waals surface area (Å²) in [6.07, 6.45) is -3.01. The number of halogens is 3. The molecule has 2 heterocycles. The van der Waals surface area contributed by atoms with Gasteiger partial charge >= 0.3 is 6.18 Å². The van der Waals surface area contributed by atoms with Gasteiger partial charge in [0, 0.05) is 12.6 Å². The number of ether oxygens (including phenoxy) is 1. The number of hydrogen-bond donors (Lipinski definition) is 1. The number of nitrogens with zero attached hydrogens (tertiary/aromatic N) is 2. The van der Waals surface area contributed by atoms with E-state index in [4.69, 9.17) is 9.15 Å². The molecule has 0 atom stereocenters. The van der Waals surface area contributed by atoms with Crippen LogP contribution in [0, 0.1) is 0 Å². The third kappa shape index (κ3) is 5.47. The molecule has 0 saturated carbocycles. The van der Waals surface area contributed by atoms with E-state index in [0.717, 1.165) is 12.1 Å². The molecule has 0 aliphatic carbocycles. The molecule has 152 valence electrons. The van der Waals surface area contributed by atoms with Crippen molar-refractivity contribution in [3.05, 3.63) is 70.7 Å². The Kier molecular flexibility index (Phi) is 6.01. The van der Waals surface area contributed by atoms with Gasteiger partial charge in [0.2, 0.25) is 0 Å². The minimum Gasteiger partial charge on any atom is -0.484 e. The largest absolute Gasteiger partial charge is 0.484 e. The number of nitrogens with one attached hydrogen (secondary N) is 1. The summed E-state index contributed by atoms with van der Waals surface area (Å²) in [6.45, 7) is -0.280. The molecule has 7 nitrogen and oxygen atoms in total. The third-order valence-electron chi connectivity index (χ3n) is 3.82. The summed E-state index contributed by atoms with van der Waals surface area (Å²) >= 11 is 0. The monoisotopic (exact) mass is 407 g/mol. The average molecular weight is 407 g/mol. The second-order valence-electron chi connectivity index (χ2n) is 5.92. The predicted octanol–water partition coefficient (Wildman–Crippen LogP) is 2.72. The normalized spacial score (nSPS) is 11.3. The van der Waals surface area contributed by atoms with E-state index in [1.807, 2.05) is 0 Å². The van der Waals surface area contributed by atoms with E-state index < -0.39 is 24.3 Å². The van der Waals surface area contributed by atoms with Gasteiger partial charge < -0.3 is 14.5 Å². The highest BCUT2D eigenvalue weighted by Gasteiger charge is 2.30. The summed E-state index contributed by atoms with van der Waals surface area (Å²) in [4.78, 5) is 23.7. The van der Waals surface area contributed by atoms with Crippen LogP contribution in [0.3, 0.4) is 0 Å². The number of carbonyl (C=O) groups is 1. The number of amides is 1. The fourth-order valence-electron chi connectivity index (χ4n) is 2.43. The van der Waals surface area contributed by atoms with E-state index in [9.17, 15) is 22.8 Å². The summed E-state index contributed by atoms with van der Waals surface area (Å²) in [6, 6.07) is 10.5. The zero-order valence-electron chi connectivity index (χ0n) is 15.0. The lowest BCUT2D eigenvalue weighted by molar-refractivity contribution is -0.137. The van der Waals surface area contributed by atoms with Crippen LogP contribution < -0.4 is 15.6 Å². The first kappa shape index (κ1) is 20.2. The highest BCUT2D eigenvalue weighted by Crippen LogP contribution is 2.31. The summed E-state index contributed by atoms with van der Waals surface area (Å²) in [5.41, 5.74) is -0.749. The van der Waals surface area contributed by atoms with Crippen molar-refractivity contribution in [3.63, 3.8) is 0 Å². The molecular weight excluding hydrogens is 391 g/mol. The Morgan fingerprint density at radius 2 is 2.00 bits per heavy atom. The Bertz CT molecular complexity index is 1030. The molecule has 1 aromatic carbocycles. The first-order valence-electron chi connectivity index (χ1n) is 8.52. The van der Waals surface area contributed by atoms with Gasteiger partial charge in [-0.1, -0.05) is 6.07 Å². The maximum absolute atomic E-state index is 12.7. The molecule has 29 heavy (non-hydrogen) atoms. The summed E-state index contributed by atoms with van der Waals surface area (Å²) in [5, 5.41) is 6.68. The molecule has 3 aromatic rings. The quantitative estimate of drug-likeness (QED) is 0.651. The summed E-state index contributed by atoms with van der Waals surface area (Å²) in [5.74, 6) is -0.117. The third-order valence-corrected chi connectivity index (χ3v) is 3.82. The van der Waals surface area contributed by atoms with Crippen LogP contribution in [0.1, 0.15) is 5.56 Å². The van der Waals surface area contributed by atoms with Gasteiger partial charge in [0.15, 0.2) is 12.4 Å². The van der Waals surface area contributed by atoms with Crippen LogP contribution in [0.2, 0.25) is 0 Å². The second kappa shape index (κ2) is 8.63. The highest BCUT2D eigenvalue weighted by atomic mass is 19.4. The van der Waals surface area contributed by atoms with E-state index in [-0.39, 0.29) is 24.4 Å². The summed E-state index contributed by atoms with van der Waals surface area (Å²) < 4.78 is 49.5. The zero-order chi connectivity index (χ0) is 20.9. The molecule has 0 spiro atoms. The average Bonchev–Trinajstić information content (AvgIpc) is 3.22. The smallest absolute Gasteiger partial charge is 0.416 e. The SMILES string of the molecule is O=C(COc1cccc(C(F)(F)F)c1)NCCn1nc(-c2ccco2)ccc1=O. The van der Waals surface area contributed by atoms with Crippen LogP contribution >= 0.6 is 0 Å². The molecule has 0 aliphatic rings. The van der Waals surface area contributed by atoms with Crippen LogP contribution in [0.15, 0.2) is 64.0 Å². The van der Waals surface area contributed by atoms with Gasteiger partial charge in [-0.25, -0.2) is 4.68 Å². The number of alkyl halides is 3. The zero-order valence-corrected chi connectivity index (χ0v) is 15.0. The van der Waals surface area contributed by atoms with Crippen molar-refractivity contribution in [2.75, 3.05) is 13.2 Å². The van der Waals surface area contributed by atoms with Crippen molar-refractivity contribution in [3.8, 4) is 17.2 Å². The van der Waals surface area contributed by atoms with Crippen molar-refractivity contribution in [2.45, 2.75) is 12.7 Å². The molecule has 0 saturated heterocycles. The van der Waals surface area contributed by atoms with E-state index in [1.165, 1.54) is 35.2 Å². The summed E-state index contributed by atoms with van der Waals surface area (Å²) in [7, 11) is 0. The Balaban J connectivity index is 1.51. The predicted molar refractivity (Wildman–Crippen MR) is 96.1 cm³/mol. The van der Waals surface area contributed by atoms with Crippen LogP contribution in [0.25, 0.3) is 11.5 Å². The van der Waals surface area contributed by atoms with Crippen LogP contribution in [-0.4, -0.2) is 28.8 Å². The van der Waals surface area contributed by atoms with Crippen molar-refractivity contribution in [1.82, 2.24) is 15.1 Å². The molecule has 0 bridgehead atoms. The lowest BCUT2D eigenvalue weighted by atomic mass is 10.2. The van der Waals surface area contributed by atoms with E-state index in [1.54, 1.807) is 12.1 Å². The first-order valence-corrected chi connectivity index (χ1v) is 8.52. The minimum absolute atomic E-state index is 0.0704. The topological polar surface area (TPSA) is 86.4 Å². The van der Waals surface area contributed by atoms with Crippen molar-refractivity contribution in [1.29, 1.82) is 0 Å². The number of furan rings is 1. The second-order valence-corrected chi connectivity index (χ2v) is 5.92. The molecule has 1 N–H and O–H groups in total. The number of aromatic nitrogens is 2. The standard InChI is InChI=1S/C19H16F3N3O4/c20-19(21,22)13-3-1-4-14(11-13)29-12-17(26)23-8-9-25-18(27)7-6-15(24-25)16-5-2-10-28-16/h1-7,10-11H,8-9,12H2,(H,23,26). The Hall–Kier alpha value is -3.56. The van der Waals surface area contributed by atoms with Crippen LogP contribution in [0.5, 0.6) is 5.75 Å². The fraction of sp³-hybridized carbons (Fsp3) is 0.211. The van der Waals surface area contributed by atoms with E-state index in [2.05, 4.69) is 10.4 Å². The number of hydrogen-bond acceptors (Lipinski definition) is 5. The van der Waals surface area contributed by atoms with Gasteiger partial charge in [-0.05, 0) is 36.4 Å². The molecule has 10 heteroatoms. The molecule has 0 unspecified atom stereocenters.